The van der Waals surface area contributed by atoms with Crippen LogP contribution in [-0.4, -0.2) is 17.0 Å². The molecule has 7 nitrogen and oxygen atoms in total. The zero-order valence-corrected chi connectivity index (χ0v) is 18.3. The summed E-state index contributed by atoms with van der Waals surface area (Å²) >= 11 is 3.48. The van der Waals surface area contributed by atoms with E-state index in [4.69, 9.17) is 4.74 Å². The summed E-state index contributed by atoms with van der Waals surface area (Å²) in [7, 11) is 0. The lowest BCUT2D eigenvalue weighted by molar-refractivity contribution is -0.385. The largest absolute Gasteiger partial charge is 0.488 e. The number of benzene rings is 3. The molecule has 3 aromatic rings. The van der Waals surface area contributed by atoms with Gasteiger partial charge >= 0.3 is 0 Å². The van der Waals surface area contributed by atoms with Gasteiger partial charge in [0, 0.05) is 11.6 Å². The SMILES string of the molecule is Cc1cccc(COc2ccc(/C=N/NC(=O)Cc3ccccc3[N+](=O)[O-])cc2Br)c1. The highest BCUT2D eigenvalue weighted by molar-refractivity contribution is 9.10. The number of halogens is 1. The van der Waals surface area contributed by atoms with E-state index in [9.17, 15) is 14.9 Å². The van der Waals surface area contributed by atoms with Crippen molar-refractivity contribution < 1.29 is 14.5 Å². The number of carbonyl (C=O) groups is 1. The van der Waals surface area contributed by atoms with E-state index in [1.807, 2.05) is 43.3 Å². The van der Waals surface area contributed by atoms with Crippen molar-refractivity contribution in [3.8, 4) is 5.75 Å². The van der Waals surface area contributed by atoms with E-state index in [-0.39, 0.29) is 12.1 Å². The normalized spacial score (nSPS) is 10.8. The molecular formula is C23H20BrN3O4. The zero-order valence-electron chi connectivity index (χ0n) is 16.7. The molecule has 0 atom stereocenters. The molecule has 0 aliphatic rings. The maximum absolute atomic E-state index is 12.1. The molecule has 0 radical (unpaired) electrons. The maximum atomic E-state index is 12.1. The molecule has 8 heteroatoms. The molecule has 1 N–H and O–H groups in total. The fraction of sp³-hybridized carbons (Fsp3) is 0.130. The Hall–Kier alpha value is -3.52. The summed E-state index contributed by atoms with van der Waals surface area (Å²) < 4.78 is 6.62. The van der Waals surface area contributed by atoms with Crippen molar-refractivity contribution in [2.45, 2.75) is 20.0 Å². The third-order valence-electron chi connectivity index (χ3n) is 4.37. The number of nitrogens with one attached hydrogen (secondary N) is 1. The number of hydrazone groups is 1. The lowest BCUT2D eigenvalue weighted by Crippen LogP contribution is -2.20. The second-order valence-electron chi connectivity index (χ2n) is 6.82. The van der Waals surface area contributed by atoms with Gasteiger partial charge in [0.1, 0.15) is 12.4 Å². The van der Waals surface area contributed by atoms with Gasteiger partial charge in [0.15, 0.2) is 0 Å². The van der Waals surface area contributed by atoms with Crippen molar-refractivity contribution in [2.75, 3.05) is 0 Å². The lowest BCUT2D eigenvalue weighted by Gasteiger charge is -2.09. The summed E-state index contributed by atoms with van der Waals surface area (Å²) in [5.41, 5.74) is 5.64. The van der Waals surface area contributed by atoms with Crippen LogP contribution in [0, 0.1) is 17.0 Å². The van der Waals surface area contributed by atoms with Gasteiger partial charge < -0.3 is 4.74 Å². The van der Waals surface area contributed by atoms with E-state index in [1.165, 1.54) is 17.8 Å². The topological polar surface area (TPSA) is 93.8 Å². The average molecular weight is 482 g/mol. The first kappa shape index (κ1) is 22.2. The summed E-state index contributed by atoms with van der Waals surface area (Å²) in [6.45, 7) is 2.49. The summed E-state index contributed by atoms with van der Waals surface area (Å²) in [4.78, 5) is 22.6. The highest BCUT2D eigenvalue weighted by Crippen LogP contribution is 2.26. The number of rotatable bonds is 8. The van der Waals surface area contributed by atoms with Gasteiger partial charge in [0.05, 0.1) is 22.0 Å². The van der Waals surface area contributed by atoms with Crippen molar-refractivity contribution in [1.29, 1.82) is 0 Å². The van der Waals surface area contributed by atoms with Crippen molar-refractivity contribution in [3.05, 3.63) is 104 Å². The van der Waals surface area contributed by atoms with E-state index in [0.717, 1.165) is 15.6 Å². The molecule has 1 amide bonds. The van der Waals surface area contributed by atoms with Gasteiger partial charge in [-0.1, -0.05) is 48.0 Å². The van der Waals surface area contributed by atoms with Crippen molar-refractivity contribution in [1.82, 2.24) is 5.43 Å². The predicted octanol–water partition coefficient (Wildman–Crippen LogP) is 4.94. The van der Waals surface area contributed by atoms with E-state index in [0.29, 0.717) is 17.9 Å². The number of para-hydroxylation sites is 1. The van der Waals surface area contributed by atoms with Gasteiger partial charge in [-0.05, 0) is 52.2 Å². The monoisotopic (exact) mass is 481 g/mol. The minimum atomic E-state index is -0.508. The molecule has 0 saturated heterocycles. The molecule has 0 saturated carbocycles. The molecule has 158 valence electrons. The molecule has 3 rings (SSSR count). The number of nitro benzene ring substituents is 1. The van der Waals surface area contributed by atoms with Crippen LogP contribution in [0.25, 0.3) is 0 Å². The standard InChI is InChI=1S/C23H20BrN3O4/c1-16-5-4-6-18(11-16)15-31-22-10-9-17(12-20(22)24)14-25-26-23(28)13-19-7-2-3-8-21(19)27(29)30/h2-12,14H,13,15H2,1H3,(H,26,28)/b25-14+. The quantitative estimate of drug-likeness (QED) is 0.280. The number of ether oxygens (including phenoxy) is 1. The minimum absolute atomic E-state index is 0.0909. The molecule has 3 aromatic carbocycles. The number of hydrogen-bond donors (Lipinski definition) is 1. The summed E-state index contributed by atoms with van der Waals surface area (Å²) in [6, 6.07) is 19.7. The van der Waals surface area contributed by atoms with Crippen LogP contribution in [0.3, 0.4) is 0 Å². The van der Waals surface area contributed by atoms with Crippen molar-refractivity contribution in [2.24, 2.45) is 5.10 Å². The second-order valence-corrected chi connectivity index (χ2v) is 7.68. The third kappa shape index (κ3) is 6.48. The number of nitrogens with zero attached hydrogens (tertiary/aromatic N) is 2. The summed E-state index contributed by atoms with van der Waals surface area (Å²) in [5.74, 6) is 0.252. The predicted molar refractivity (Wildman–Crippen MR) is 122 cm³/mol. The van der Waals surface area contributed by atoms with Gasteiger partial charge in [0.2, 0.25) is 5.91 Å². The Labute approximate surface area is 188 Å². The van der Waals surface area contributed by atoms with Crippen LogP contribution in [0.1, 0.15) is 22.3 Å². The minimum Gasteiger partial charge on any atom is -0.488 e. The highest BCUT2D eigenvalue weighted by Gasteiger charge is 2.15. The lowest BCUT2D eigenvalue weighted by atomic mass is 10.1. The average Bonchev–Trinajstić information content (AvgIpc) is 2.73. The Kier molecular flexibility index (Phi) is 7.50. The van der Waals surface area contributed by atoms with Crippen LogP contribution in [0.4, 0.5) is 5.69 Å². The number of carbonyl (C=O) groups excluding carboxylic acids is 1. The Bertz CT molecular complexity index is 1130. The summed E-state index contributed by atoms with van der Waals surface area (Å²) in [5, 5.41) is 15.0. The van der Waals surface area contributed by atoms with Crippen LogP contribution < -0.4 is 10.2 Å². The molecule has 0 aliphatic carbocycles. The molecule has 0 fully saturated rings. The van der Waals surface area contributed by atoms with Gasteiger partial charge in [-0.2, -0.15) is 5.10 Å². The van der Waals surface area contributed by atoms with Gasteiger partial charge in [-0.3, -0.25) is 14.9 Å². The molecular weight excluding hydrogens is 462 g/mol. The first-order chi connectivity index (χ1) is 14.9. The van der Waals surface area contributed by atoms with Crippen molar-refractivity contribution >= 4 is 33.7 Å². The Morgan fingerprint density at radius 2 is 1.97 bits per heavy atom. The number of hydrogen-bond acceptors (Lipinski definition) is 5. The molecule has 0 aliphatic heterocycles. The third-order valence-corrected chi connectivity index (χ3v) is 4.99. The zero-order chi connectivity index (χ0) is 22.2. The smallest absolute Gasteiger partial charge is 0.273 e. The van der Waals surface area contributed by atoms with Gasteiger partial charge in [-0.25, -0.2) is 5.43 Å². The fourth-order valence-corrected chi connectivity index (χ4v) is 3.42. The van der Waals surface area contributed by atoms with Crippen LogP contribution in [0.5, 0.6) is 5.75 Å². The number of nitro groups is 1. The molecule has 0 aromatic heterocycles. The molecule has 0 heterocycles. The van der Waals surface area contributed by atoms with Crippen LogP contribution in [-0.2, 0) is 17.8 Å². The first-order valence-electron chi connectivity index (χ1n) is 9.44. The maximum Gasteiger partial charge on any atom is 0.273 e. The molecule has 0 bridgehead atoms. The Morgan fingerprint density at radius 1 is 1.16 bits per heavy atom. The number of aryl methyl sites for hydroxylation is 1. The van der Waals surface area contributed by atoms with E-state index >= 15 is 0 Å². The molecule has 31 heavy (non-hydrogen) atoms. The Morgan fingerprint density at radius 3 is 2.71 bits per heavy atom. The van der Waals surface area contributed by atoms with Gasteiger partial charge in [-0.15, -0.1) is 0 Å². The van der Waals surface area contributed by atoms with E-state index in [2.05, 4.69) is 32.5 Å². The molecule has 0 unspecified atom stereocenters. The Balaban J connectivity index is 1.56. The highest BCUT2D eigenvalue weighted by atomic mass is 79.9. The van der Waals surface area contributed by atoms with Crippen LogP contribution >= 0.6 is 15.9 Å². The van der Waals surface area contributed by atoms with E-state index in [1.54, 1.807) is 18.2 Å². The van der Waals surface area contributed by atoms with Crippen molar-refractivity contribution in [3.63, 3.8) is 0 Å². The van der Waals surface area contributed by atoms with Gasteiger partial charge in [0.25, 0.3) is 5.69 Å². The molecule has 0 spiro atoms. The first-order valence-corrected chi connectivity index (χ1v) is 10.2. The summed E-state index contributed by atoms with van der Waals surface area (Å²) in [6.07, 6.45) is 1.36. The second kappa shape index (κ2) is 10.5. The fourth-order valence-electron chi connectivity index (χ4n) is 2.91. The number of amides is 1. The van der Waals surface area contributed by atoms with E-state index < -0.39 is 10.8 Å². The van der Waals surface area contributed by atoms with Crippen LogP contribution in [0.2, 0.25) is 0 Å². The van der Waals surface area contributed by atoms with Crippen LogP contribution in [0.15, 0.2) is 76.3 Å².